The maximum atomic E-state index is 12.0. The van der Waals surface area contributed by atoms with Crippen LogP contribution in [0, 0.1) is 0 Å². The highest BCUT2D eigenvalue weighted by atomic mass is 32.2. The van der Waals surface area contributed by atoms with Crippen molar-refractivity contribution in [3.8, 4) is 11.4 Å². The lowest BCUT2D eigenvalue weighted by Crippen LogP contribution is -2.14. The van der Waals surface area contributed by atoms with Crippen molar-refractivity contribution in [1.82, 2.24) is 25.0 Å². The van der Waals surface area contributed by atoms with E-state index in [-0.39, 0.29) is 11.7 Å². The average molecular weight is 390 g/mol. The molecule has 0 bridgehead atoms. The minimum atomic E-state index is -0.144. The summed E-state index contributed by atoms with van der Waals surface area (Å²) >= 11 is 2.64. The molecule has 0 saturated carbocycles. The van der Waals surface area contributed by atoms with Crippen LogP contribution in [0.1, 0.15) is 6.92 Å². The first-order valence-electron chi connectivity index (χ1n) is 7.98. The molecule has 0 unspecified atom stereocenters. The van der Waals surface area contributed by atoms with Gasteiger partial charge in [0.05, 0.1) is 5.75 Å². The molecule has 0 atom stereocenters. The lowest BCUT2D eigenvalue weighted by molar-refractivity contribution is -0.113. The Morgan fingerprint density at radius 1 is 1.23 bits per heavy atom. The van der Waals surface area contributed by atoms with Crippen molar-refractivity contribution in [2.24, 2.45) is 0 Å². The van der Waals surface area contributed by atoms with Crippen molar-refractivity contribution in [3.63, 3.8) is 0 Å². The summed E-state index contributed by atoms with van der Waals surface area (Å²) in [5, 5.41) is 20.0. The van der Waals surface area contributed by atoms with Gasteiger partial charge in [0.15, 0.2) is 11.0 Å². The summed E-state index contributed by atoms with van der Waals surface area (Å²) in [6.45, 7) is 2.75. The molecule has 0 aliphatic heterocycles. The molecule has 2 aromatic heterocycles. The van der Waals surface area contributed by atoms with Crippen LogP contribution in [0.25, 0.3) is 11.4 Å². The van der Waals surface area contributed by atoms with Gasteiger partial charge in [-0.1, -0.05) is 23.1 Å². The van der Waals surface area contributed by atoms with Crippen LogP contribution >= 0.6 is 23.1 Å². The molecule has 0 saturated heterocycles. The van der Waals surface area contributed by atoms with E-state index < -0.39 is 0 Å². The fourth-order valence-corrected chi connectivity index (χ4v) is 3.58. The van der Waals surface area contributed by atoms with Crippen molar-refractivity contribution in [2.45, 2.75) is 18.6 Å². The molecule has 1 aromatic carbocycles. The molecule has 3 aromatic rings. The molecule has 136 valence electrons. The molecule has 8 nitrogen and oxygen atoms in total. The minimum Gasteiger partial charge on any atom is -0.378 e. The van der Waals surface area contributed by atoms with Crippen molar-refractivity contribution < 1.29 is 4.79 Å². The largest absolute Gasteiger partial charge is 0.378 e. The van der Waals surface area contributed by atoms with Crippen LogP contribution in [-0.2, 0) is 11.3 Å². The highest BCUT2D eigenvalue weighted by Crippen LogP contribution is 2.25. The minimum absolute atomic E-state index is 0.144. The Labute approximate surface area is 159 Å². The predicted octanol–water partition coefficient (Wildman–Crippen LogP) is 2.61. The van der Waals surface area contributed by atoms with Gasteiger partial charge in [0.25, 0.3) is 0 Å². The molecule has 2 heterocycles. The summed E-state index contributed by atoms with van der Waals surface area (Å²) in [5.74, 6) is 0.885. The molecule has 3 rings (SSSR count). The van der Waals surface area contributed by atoms with E-state index in [4.69, 9.17) is 0 Å². The third kappa shape index (κ3) is 4.20. The monoisotopic (exact) mass is 389 g/mol. The van der Waals surface area contributed by atoms with Crippen LogP contribution in [-0.4, -0.2) is 50.7 Å². The highest BCUT2D eigenvalue weighted by Gasteiger charge is 2.15. The zero-order chi connectivity index (χ0) is 18.5. The van der Waals surface area contributed by atoms with Gasteiger partial charge in [-0.15, -0.1) is 20.4 Å². The maximum Gasteiger partial charge on any atom is 0.236 e. The maximum absolute atomic E-state index is 12.0. The van der Waals surface area contributed by atoms with Gasteiger partial charge in [0.2, 0.25) is 11.0 Å². The molecule has 0 aliphatic rings. The summed E-state index contributed by atoms with van der Waals surface area (Å²) in [7, 11) is 4.01. The Morgan fingerprint density at radius 2 is 2.00 bits per heavy atom. The van der Waals surface area contributed by atoms with Crippen LogP contribution in [0.4, 0.5) is 10.8 Å². The number of aromatic nitrogens is 5. The second kappa shape index (κ2) is 8.28. The number of carbonyl (C=O) groups excluding carboxylic acids is 1. The molecule has 1 amide bonds. The number of hydrogen-bond acceptors (Lipinski definition) is 8. The van der Waals surface area contributed by atoms with Crippen LogP contribution in [0.3, 0.4) is 0 Å². The van der Waals surface area contributed by atoms with E-state index in [2.05, 4.69) is 25.7 Å². The number of hydrogen-bond donors (Lipinski definition) is 1. The van der Waals surface area contributed by atoms with E-state index in [0.29, 0.717) is 10.3 Å². The molecule has 0 aliphatic carbocycles. The average Bonchev–Trinajstić information content (AvgIpc) is 3.29. The second-order valence-electron chi connectivity index (χ2n) is 5.57. The molecule has 10 heteroatoms. The SMILES string of the molecule is CCn1c(SCC(=O)Nc2nncs2)nnc1-c1ccc(N(C)C)cc1. The fourth-order valence-electron chi connectivity index (χ4n) is 2.32. The van der Waals surface area contributed by atoms with Gasteiger partial charge in [-0.2, -0.15) is 0 Å². The predicted molar refractivity (Wildman–Crippen MR) is 105 cm³/mol. The van der Waals surface area contributed by atoms with Crippen LogP contribution < -0.4 is 10.2 Å². The van der Waals surface area contributed by atoms with Crippen molar-refractivity contribution in [3.05, 3.63) is 29.8 Å². The van der Waals surface area contributed by atoms with Crippen LogP contribution in [0.5, 0.6) is 0 Å². The third-order valence-corrected chi connectivity index (χ3v) is 5.19. The highest BCUT2D eigenvalue weighted by molar-refractivity contribution is 7.99. The number of thioether (sulfide) groups is 1. The first-order chi connectivity index (χ1) is 12.6. The van der Waals surface area contributed by atoms with Crippen LogP contribution in [0.2, 0.25) is 0 Å². The molecular weight excluding hydrogens is 370 g/mol. The number of nitrogens with zero attached hydrogens (tertiary/aromatic N) is 6. The van der Waals surface area contributed by atoms with Crippen molar-refractivity contribution in [1.29, 1.82) is 0 Å². The van der Waals surface area contributed by atoms with Gasteiger partial charge in [0, 0.05) is 31.9 Å². The van der Waals surface area contributed by atoms with Gasteiger partial charge in [0.1, 0.15) is 5.51 Å². The van der Waals surface area contributed by atoms with Crippen molar-refractivity contribution in [2.75, 3.05) is 30.1 Å². The Kier molecular flexibility index (Phi) is 5.84. The van der Waals surface area contributed by atoms with E-state index >= 15 is 0 Å². The summed E-state index contributed by atoms with van der Waals surface area (Å²) in [6.07, 6.45) is 0. The molecule has 26 heavy (non-hydrogen) atoms. The Bertz CT molecular complexity index is 859. The van der Waals surface area contributed by atoms with Gasteiger partial charge >= 0.3 is 0 Å². The van der Waals surface area contributed by atoms with Gasteiger partial charge in [-0.3, -0.25) is 10.1 Å². The molecule has 0 radical (unpaired) electrons. The van der Waals surface area contributed by atoms with E-state index in [1.807, 2.05) is 54.8 Å². The molecular formula is C16H19N7OS2. The summed E-state index contributed by atoms with van der Waals surface area (Å²) < 4.78 is 2.01. The molecule has 1 N–H and O–H groups in total. The van der Waals surface area contributed by atoms with E-state index in [0.717, 1.165) is 23.6 Å². The fraction of sp³-hybridized carbons (Fsp3) is 0.312. The quantitative estimate of drug-likeness (QED) is 0.621. The normalized spacial score (nSPS) is 10.7. The Morgan fingerprint density at radius 3 is 2.62 bits per heavy atom. The van der Waals surface area contributed by atoms with E-state index in [1.165, 1.54) is 23.1 Å². The first kappa shape index (κ1) is 18.3. The second-order valence-corrected chi connectivity index (χ2v) is 7.35. The summed E-state index contributed by atoms with van der Waals surface area (Å²) in [6, 6.07) is 8.16. The lowest BCUT2D eigenvalue weighted by Gasteiger charge is -2.13. The number of benzene rings is 1. The first-order valence-corrected chi connectivity index (χ1v) is 9.84. The lowest BCUT2D eigenvalue weighted by atomic mass is 10.2. The van der Waals surface area contributed by atoms with E-state index in [1.54, 1.807) is 5.51 Å². The third-order valence-electron chi connectivity index (χ3n) is 3.61. The Hall–Kier alpha value is -2.46. The summed E-state index contributed by atoms with van der Waals surface area (Å²) in [5.41, 5.74) is 3.69. The molecule has 0 fully saturated rings. The number of anilines is 2. The van der Waals surface area contributed by atoms with Gasteiger partial charge in [-0.05, 0) is 31.2 Å². The summed E-state index contributed by atoms with van der Waals surface area (Å²) in [4.78, 5) is 14.1. The number of nitrogens with one attached hydrogen (secondary N) is 1. The topological polar surface area (TPSA) is 88.8 Å². The van der Waals surface area contributed by atoms with E-state index in [9.17, 15) is 4.79 Å². The molecule has 0 spiro atoms. The number of rotatable bonds is 7. The zero-order valence-electron chi connectivity index (χ0n) is 14.7. The smallest absolute Gasteiger partial charge is 0.236 e. The Balaban J connectivity index is 1.70. The number of carbonyl (C=O) groups is 1. The van der Waals surface area contributed by atoms with Crippen molar-refractivity contribution >= 4 is 39.8 Å². The van der Waals surface area contributed by atoms with Gasteiger partial charge in [-0.25, -0.2) is 0 Å². The van der Waals surface area contributed by atoms with Crippen LogP contribution in [0.15, 0.2) is 34.9 Å². The van der Waals surface area contributed by atoms with Gasteiger partial charge < -0.3 is 9.47 Å². The standard InChI is InChI=1S/C16H19N7OS2/c1-4-23-14(11-5-7-12(8-6-11)22(2)3)19-21-16(23)25-9-13(24)18-15-20-17-10-26-15/h5-8,10H,4,9H2,1-3H3,(H,18,20,24). The zero-order valence-corrected chi connectivity index (χ0v) is 16.3. The number of amides is 1.